The Morgan fingerprint density at radius 1 is 1.22 bits per heavy atom. The van der Waals surface area contributed by atoms with Crippen LogP contribution in [0.4, 0.5) is 10.2 Å². The number of hydrogen-bond acceptors (Lipinski definition) is 8. The van der Waals surface area contributed by atoms with Crippen molar-refractivity contribution in [3.63, 3.8) is 0 Å². The van der Waals surface area contributed by atoms with Gasteiger partial charge in [-0.15, -0.1) is 21.5 Å². The van der Waals surface area contributed by atoms with Gasteiger partial charge in [-0.25, -0.2) is 9.37 Å². The van der Waals surface area contributed by atoms with Crippen LogP contribution < -0.4 is 10.2 Å². The summed E-state index contributed by atoms with van der Waals surface area (Å²) < 4.78 is 17.5. The van der Waals surface area contributed by atoms with Gasteiger partial charge in [0.05, 0.1) is 22.0 Å². The number of aromatic nitrogens is 3. The first kappa shape index (κ1) is 21.9. The van der Waals surface area contributed by atoms with E-state index in [9.17, 15) is 5.11 Å². The number of phenols is 1. The second kappa shape index (κ2) is 7.53. The van der Waals surface area contributed by atoms with Crippen molar-refractivity contribution >= 4 is 39.1 Å². The molecule has 0 spiro atoms. The van der Waals surface area contributed by atoms with Crippen molar-refractivity contribution in [1.29, 1.82) is 0 Å². The molecule has 0 saturated carbocycles. The van der Waals surface area contributed by atoms with Crippen LogP contribution in [0.25, 0.3) is 21.5 Å². The van der Waals surface area contributed by atoms with Crippen LogP contribution in [0.2, 0.25) is 0 Å². The van der Waals surface area contributed by atoms with E-state index < -0.39 is 11.7 Å². The fourth-order valence-electron chi connectivity index (χ4n) is 5.25. The van der Waals surface area contributed by atoms with Gasteiger partial charge in [0.2, 0.25) is 0 Å². The van der Waals surface area contributed by atoms with Crippen molar-refractivity contribution in [2.24, 2.45) is 0 Å². The van der Waals surface area contributed by atoms with Crippen LogP contribution in [-0.4, -0.2) is 56.4 Å². The standard InChI is InChI=1S/C23H28FN5OS2/c1-22(2)11-16(19(24)23(3,4)28-22)29-7-6-12-8-14(26-27-20(12)29)13-9-18-15(10-17(13)30)25-21(31-5)32-18/h8-10,16,19,28,30H,6-7,11H2,1-5H3/t16-,19-/m0/s1. The molecule has 2 aromatic heterocycles. The molecule has 170 valence electrons. The molecule has 0 bridgehead atoms. The number of thioether (sulfide) groups is 1. The summed E-state index contributed by atoms with van der Waals surface area (Å²) in [5.74, 6) is 0.906. The number of nitrogens with one attached hydrogen (secondary N) is 1. The quantitative estimate of drug-likeness (QED) is 0.529. The summed E-state index contributed by atoms with van der Waals surface area (Å²) in [5.41, 5.74) is 2.32. The molecule has 1 aromatic carbocycles. The Morgan fingerprint density at radius 3 is 2.75 bits per heavy atom. The normalized spacial score (nSPS) is 24.1. The number of halogens is 1. The third-order valence-corrected chi connectivity index (χ3v) is 8.49. The summed E-state index contributed by atoms with van der Waals surface area (Å²) in [6, 6.07) is 5.36. The Labute approximate surface area is 195 Å². The van der Waals surface area contributed by atoms with E-state index in [1.807, 2.05) is 32.2 Å². The van der Waals surface area contributed by atoms with Gasteiger partial charge in [-0.05, 0) is 58.9 Å². The van der Waals surface area contributed by atoms with Crippen molar-refractivity contribution in [3.05, 3.63) is 23.8 Å². The van der Waals surface area contributed by atoms with Crippen molar-refractivity contribution < 1.29 is 9.50 Å². The summed E-state index contributed by atoms with van der Waals surface area (Å²) >= 11 is 3.18. The van der Waals surface area contributed by atoms with E-state index in [1.165, 1.54) is 0 Å². The molecule has 2 aliphatic heterocycles. The van der Waals surface area contributed by atoms with Gasteiger partial charge in [0, 0.05) is 34.8 Å². The molecule has 1 fully saturated rings. The van der Waals surface area contributed by atoms with Crippen molar-refractivity contribution in [2.75, 3.05) is 17.7 Å². The number of hydrogen-bond donors (Lipinski definition) is 2. The monoisotopic (exact) mass is 473 g/mol. The minimum atomic E-state index is -1.02. The molecule has 5 rings (SSSR count). The molecule has 2 N–H and O–H groups in total. The summed E-state index contributed by atoms with van der Waals surface area (Å²) in [6.45, 7) is 8.83. The largest absolute Gasteiger partial charge is 0.507 e. The number of rotatable bonds is 3. The van der Waals surface area contributed by atoms with Gasteiger partial charge in [0.25, 0.3) is 0 Å². The minimum absolute atomic E-state index is 0.144. The van der Waals surface area contributed by atoms with Crippen LogP contribution in [-0.2, 0) is 6.42 Å². The number of alkyl halides is 1. The highest BCUT2D eigenvalue weighted by Crippen LogP contribution is 2.41. The van der Waals surface area contributed by atoms with Gasteiger partial charge in [-0.2, -0.15) is 0 Å². The lowest BCUT2D eigenvalue weighted by atomic mass is 9.77. The average Bonchev–Trinajstić information content (AvgIpc) is 3.32. The molecule has 32 heavy (non-hydrogen) atoms. The van der Waals surface area contributed by atoms with Gasteiger partial charge in [0.1, 0.15) is 11.9 Å². The maximum atomic E-state index is 15.5. The first-order valence-electron chi connectivity index (χ1n) is 10.8. The van der Waals surface area contributed by atoms with Crippen LogP contribution in [0.3, 0.4) is 0 Å². The van der Waals surface area contributed by atoms with E-state index >= 15 is 4.39 Å². The predicted octanol–water partition coefficient (Wildman–Crippen LogP) is 4.80. The van der Waals surface area contributed by atoms with Crippen LogP contribution in [0.5, 0.6) is 5.75 Å². The van der Waals surface area contributed by atoms with Gasteiger partial charge in [0.15, 0.2) is 10.2 Å². The topological polar surface area (TPSA) is 74.2 Å². The molecule has 0 aliphatic carbocycles. The zero-order valence-corrected chi connectivity index (χ0v) is 20.6. The Balaban J connectivity index is 1.49. The maximum Gasteiger partial charge on any atom is 0.154 e. The van der Waals surface area contributed by atoms with Gasteiger partial charge in [-0.1, -0.05) is 11.8 Å². The highest BCUT2D eigenvalue weighted by Gasteiger charge is 2.49. The fraction of sp³-hybridized carbons (Fsp3) is 0.522. The molecule has 4 heterocycles. The number of thiazole rings is 1. The summed E-state index contributed by atoms with van der Waals surface area (Å²) in [5, 5.41) is 23.0. The Kier molecular flexibility index (Phi) is 5.14. The Hall–Kier alpha value is -1.97. The number of nitrogens with zero attached hydrogens (tertiary/aromatic N) is 4. The highest BCUT2D eigenvalue weighted by atomic mass is 32.2. The molecule has 9 heteroatoms. The van der Waals surface area contributed by atoms with Crippen molar-refractivity contribution in [1.82, 2.24) is 20.5 Å². The first-order chi connectivity index (χ1) is 15.1. The van der Waals surface area contributed by atoms with Crippen LogP contribution in [0.15, 0.2) is 22.5 Å². The number of anilines is 1. The zero-order valence-electron chi connectivity index (χ0n) is 18.9. The zero-order chi connectivity index (χ0) is 22.8. The third-order valence-electron chi connectivity index (χ3n) is 6.49. The number of aromatic hydroxyl groups is 1. The lowest BCUT2D eigenvalue weighted by Gasteiger charge is -2.51. The van der Waals surface area contributed by atoms with E-state index in [1.54, 1.807) is 29.2 Å². The number of fused-ring (bicyclic) bond motifs is 2. The molecule has 0 radical (unpaired) electrons. The smallest absolute Gasteiger partial charge is 0.154 e. The molecule has 0 unspecified atom stereocenters. The summed E-state index contributed by atoms with van der Waals surface area (Å²) in [6.07, 6.45) is 2.45. The summed E-state index contributed by atoms with van der Waals surface area (Å²) in [4.78, 5) is 6.61. The van der Waals surface area contributed by atoms with E-state index in [4.69, 9.17) is 0 Å². The molecule has 2 atom stereocenters. The van der Waals surface area contributed by atoms with E-state index in [0.29, 0.717) is 17.7 Å². The Bertz CT molecular complexity index is 1190. The summed E-state index contributed by atoms with van der Waals surface area (Å²) in [7, 11) is 0. The SMILES string of the molecule is CSc1nc2cc(O)c(-c3cc4c(nn3)N([C@H]3CC(C)(C)NC(C)(C)[C@H]3F)CC4)cc2s1. The van der Waals surface area contributed by atoms with E-state index in [-0.39, 0.29) is 17.3 Å². The van der Waals surface area contributed by atoms with E-state index in [0.717, 1.165) is 38.9 Å². The van der Waals surface area contributed by atoms with E-state index in [2.05, 4.69) is 39.2 Å². The molecule has 6 nitrogen and oxygen atoms in total. The molecule has 2 aliphatic rings. The van der Waals surface area contributed by atoms with Crippen LogP contribution in [0.1, 0.15) is 39.7 Å². The van der Waals surface area contributed by atoms with Crippen molar-refractivity contribution in [3.8, 4) is 17.0 Å². The first-order valence-corrected chi connectivity index (χ1v) is 12.9. The van der Waals surface area contributed by atoms with Gasteiger partial charge < -0.3 is 15.3 Å². The minimum Gasteiger partial charge on any atom is -0.507 e. The molecule has 3 aromatic rings. The Morgan fingerprint density at radius 2 is 2.00 bits per heavy atom. The highest BCUT2D eigenvalue weighted by molar-refractivity contribution is 8.00. The third kappa shape index (κ3) is 3.64. The predicted molar refractivity (Wildman–Crippen MR) is 130 cm³/mol. The van der Waals surface area contributed by atoms with Crippen LogP contribution in [0, 0.1) is 0 Å². The van der Waals surface area contributed by atoms with Crippen LogP contribution >= 0.6 is 23.1 Å². The lowest BCUT2D eigenvalue weighted by Crippen LogP contribution is -2.69. The second-order valence-corrected chi connectivity index (χ2v) is 12.0. The number of piperidine rings is 1. The molecule has 0 amide bonds. The van der Waals surface area contributed by atoms with Gasteiger partial charge in [-0.3, -0.25) is 0 Å². The average molecular weight is 474 g/mol. The number of benzene rings is 1. The molecular formula is C23H28FN5OS2. The second-order valence-electron chi connectivity index (χ2n) is 9.95. The maximum absolute atomic E-state index is 15.5. The lowest BCUT2D eigenvalue weighted by molar-refractivity contribution is 0.0555. The van der Waals surface area contributed by atoms with Gasteiger partial charge >= 0.3 is 0 Å². The number of phenolic OH excluding ortho intramolecular Hbond substituents is 1. The molecule has 1 saturated heterocycles. The molecular weight excluding hydrogens is 445 g/mol. The van der Waals surface area contributed by atoms with Crippen molar-refractivity contribution in [2.45, 2.75) is 68.2 Å². The fourth-order valence-corrected chi connectivity index (χ4v) is 6.76.